The summed E-state index contributed by atoms with van der Waals surface area (Å²) in [4.78, 5) is 18.1. The molecule has 2 rings (SSSR count). The minimum atomic E-state index is -0.471. The lowest BCUT2D eigenvalue weighted by molar-refractivity contribution is -0.385. The Hall–Kier alpha value is -2.44. The maximum Gasteiger partial charge on any atom is 0.287 e. The summed E-state index contributed by atoms with van der Waals surface area (Å²) in [5, 5.41) is 13.6. The van der Waals surface area contributed by atoms with Crippen molar-refractivity contribution in [1.29, 1.82) is 0 Å². The molecule has 0 aromatic carbocycles. The lowest BCUT2D eigenvalue weighted by atomic mass is 10.2. The van der Waals surface area contributed by atoms with Gasteiger partial charge in [0, 0.05) is 6.07 Å². The Bertz CT molecular complexity index is 579. The SMILES string of the molecule is Cc1cnc(CNc2ncc([N+](=O)[O-])cc2C)o1. The number of oxazole rings is 1. The van der Waals surface area contributed by atoms with E-state index in [2.05, 4.69) is 15.3 Å². The molecule has 0 radical (unpaired) electrons. The van der Waals surface area contributed by atoms with Crippen LogP contribution >= 0.6 is 0 Å². The molecule has 0 aliphatic rings. The van der Waals surface area contributed by atoms with Crippen LogP contribution < -0.4 is 5.32 Å². The molecule has 2 aromatic heterocycles. The number of pyridine rings is 1. The van der Waals surface area contributed by atoms with Gasteiger partial charge in [-0.2, -0.15) is 0 Å². The predicted octanol–water partition coefficient (Wildman–Crippen LogP) is 2.21. The average Bonchev–Trinajstić information content (AvgIpc) is 2.73. The molecule has 7 heteroatoms. The van der Waals surface area contributed by atoms with E-state index in [0.29, 0.717) is 23.8 Å². The minimum absolute atomic E-state index is 0.0231. The van der Waals surface area contributed by atoms with Gasteiger partial charge in [-0.1, -0.05) is 0 Å². The number of aromatic nitrogens is 2. The van der Waals surface area contributed by atoms with E-state index >= 15 is 0 Å². The predicted molar refractivity (Wildman–Crippen MR) is 64.2 cm³/mol. The number of nitro groups is 1. The van der Waals surface area contributed by atoms with E-state index in [-0.39, 0.29) is 5.69 Å². The van der Waals surface area contributed by atoms with E-state index < -0.39 is 4.92 Å². The van der Waals surface area contributed by atoms with Crippen molar-refractivity contribution in [1.82, 2.24) is 9.97 Å². The van der Waals surface area contributed by atoms with Crippen LogP contribution in [0.2, 0.25) is 0 Å². The van der Waals surface area contributed by atoms with Crippen molar-refractivity contribution < 1.29 is 9.34 Å². The molecule has 0 saturated heterocycles. The Labute approximate surface area is 103 Å². The number of anilines is 1. The van der Waals surface area contributed by atoms with Crippen LogP contribution in [0.1, 0.15) is 17.2 Å². The second-order valence-electron chi connectivity index (χ2n) is 3.83. The van der Waals surface area contributed by atoms with Crippen molar-refractivity contribution in [2.24, 2.45) is 0 Å². The van der Waals surface area contributed by atoms with Crippen LogP contribution in [0.3, 0.4) is 0 Å². The van der Waals surface area contributed by atoms with Gasteiger partial charge in [0.25, 0.3) is 5.69 Å². The fraction of sp³-hybridized carbons (Fsp3) is 0.273. The second kappa shape index (κ2) is 4.82. The van der Waals surface area contributed by atoms with Gasteiger partial charge in [-0.15, -0.1) is 0 Å². The van der Waals surface area contributed by atoms with Crippen molar-refractivity contribution in [2.75, 3.05) is 5.32 Å². The van der Waals surface area contributed by atoms with Gasteiger partial charge >= 0.3 is 0 Å². The average molecular weight is 248 g/mol. The van der Waals surface area contributed by atoms with Crippen molar-refractivity contribution >= 4 is 11.5 Å². The summed E-state index contributed by atoms with van der Waals surface area (Å²) in [6, 6.07) is 1.47. The molecule has 0 bridgehead atoms. The smallest absolute Gasteiger partial charge is 0.287 e. The Balaban J connectivity index is 2.08. The molecule has 0 spiro atoms. The number of hydrogen-bond acceptors (Lipinski definition) is 6. The lowest BCUT2D eigenvalue weighted by Gasteiger charge is -2.05. The van der Waals surface area contributed by atoms with Gasteiger partial charge in [-0.3, -0.25) is 10.1 Å². The Morgan fingerprint density at radius 1 is 1.39 bits per heavy atom. The standard InChI is InChI=1S/C11H12N4O3/c1-7-3-9(15(16)17)5-13-11(7)14-6-10-12-4-8(2)18-10/h3-5H,6H2,1-2H3,(H,13,14). The first-order chi connectivity index (χ1) is 8.56. The molecule has 0 aliphatic heterocycles. The number of hydrogen-bond donors (Lipinski definition) is 1. The highest BCUT2D eigenvalue weighted by atomic mass is 16.6. The molecule has 0 amide bonds. The molecule has 0 fully saturated rings. The molecule has 2 aromatic rings. The van der Waals surface area contributed by atoms with Crippen LogP contribution in [0.4, 0.5) is 11.5 Å². The first kappa shape index (κ1) is 12.0. The van der Waals surface area contributed by atoms with Gasteiger partial charge in [-0.25, -0.2) is 9.97 Å². The maximum atomic E-state index is 10.6. The van der Waals surface area contributed by atoms with Crippen LogP contribution in [-0.4, -0.2) is 14.9 Å². The molecule has 7 nitrogen and oxygen atoms in total. The molecule has 2 heterocycles. The molecule has 0 aliphatic carbocycles. The van der Waals surface area contributed by atoms with Crippen molar-refractivity contribution in [3.8, 4) is 0 Å². The van der Waals surface area contributed by atoms with Crippen LogP contribution in [0.15, 0.2) is 22.9 Å². The summed E-state index contributed by atoms with van der Waals surface area (Å²) in [5.41, 5.74) is 0.678. The van der Waals surface area contributed by atoms with Crippen LogP contribution in [0.5, 0.6) is 0 Å². The largest absolute Gasteiger partial charge is 0.444 e. The monoisotopic (exact) mass is 248 g/mol. The van der Waals surface area contributed by atoms with Crippen LogP contribution in [0, 0.1) is 24.0 Å². The molecular formula is C11H12N4O3. The minimum Gasteiger partial charge on any atom is -0.444 e. The van der Waals surface area contributed by atoms with Crippen LogP contribution in [-0.2, 0) is 6.54 Å². The van der Waals surface area contributed by atoms with Gasteiger partial charge in [0.15, 0.2) is 0 Å². The summed E-state index contributed by atoms with van der Waals surface area (Å²) in [7, 11) is 0. The van der Waals surface area contributed by atoms with Gasteiger partial charge in [0.1, 0.15) is 17.8 Å². The zero-order chi connectivity index (χ0) is 13.1. The fourth-order valence-electron chi connectivity index (χ4n) is 1.49. The van der Waals surface area contributed by atoms with E-state index in [0.717, 1.165) is 5.76 Å². The molecule has 0 unspecified atom stereocenters. The van der Waals surface area contributed by atoms with E-state index in [1.807, 2.05) is 6.92 Å². The zero-order valence-corrected chi connectivity index (χ0v) is 10.0. The van der Waals surface area contributed by atoms with Gasteiger partial charge in [0.2, 0.25) is 5.89 Å². The van der Waals surface area contributed by atoms with Crippen LogP contribution in [0.25, 0.3) is 0 Å². The fourth-order valence-corrected chi connectivity index (χ4v) is 1.49. The number of nitrogens with zero attached hydrogens (tertiary/aromatic N) is 3. The molecule has 0 atom stereocenters. The third-order valence-electron chi connectivity index (χ3n) is 2.35. The molecule has 18 heavy (non-hydrogen) atoms. The van der Waals surface area contributed by atoms with Crippen molar-refractivity contribution in [3.05, 3.63) is 45.8 Å². The van der Waals surface area contributed by atoms with E-state index in [1.54, 1.807) is 13.1 Å². The summed E-state index contributed by atoms with van der Waals surface area (Å²) < 4.78 is 5.30. The summed E-state index contributed by atoms with van der Waals surface area (Å²) in [5.74, 6) is 1.86. The normalized spacial score (nSPS) is 10.3. The topological polar surface area (TPSA) is 94.1 Å². The Kier molecular flexibility index (Phi) is 3.22. The van der Waals surface area contributed by atoms with Gasteiger partial charge < -0.3 is 9.73 Å². The van der Waals surface area contributed by atoms with Gasteiger partial charge in [0.05, 0.1) is 17.7 Å². The zero-order valence-electron chi connectivity index (χ0n) is 10.0. The van der Waals surface area contributed by atoms with E-state index in [1.165, 1.54) is 12.3 Å². The van der Waals surface area contributed by atoms with Crippen molar-refractivity contribution in [2.45, 2.75) is 20.4 Å². The highest BCUT2D eigenvalue weighted by Gasteiger charge is 2.09. The molecule has 0 saturated carbocycles. The van der Waals surface area contributed by atoms with Gasteiger partial charge in [-0.05, 0) is 19.4 Å². The first-order valence-electron chi connectivity index (χ1n) is 5.32. The molecule has 1 N–H and O–H groups in total. The first-order valence-corrected chi connectivity index (χ1v) is 5.32. The number of rotatable bonds is 4. The number of aryl methyl sites for hydroxylation is 2. The number of nitrogens with one attached hydrogen (secondary N) is 1. The molecule has 94 valence electrons. The highest BCUT2D eigenvalue weighted by molar-refractivity contribution is 5.48. The van der Waals surface area contributed by atoms with Crippen molar-refractivity contribution in [3.63, 3.8) is 0 Å². The third kappa shape index (κ3) is 2.62. The maximum absolute atomic E-state index is 10.6. The summed E-state index contributed by atoms with van der Waals surface area (Å²) in [6.45, 7) is 3.95. The summed E-state index contributed by atoms with van der Waals surface area (Å²) in [6.07, 6.45) is 2.85. The Morgan fingerprint density at radius 2 is 2.17 bits per heavy atom. The quantitative estimate of drug-likeness (QED) is 0.658. The van der Waals surface area contributed by atoms with E-state index in [9.17, 15) is 10.1 Å². The third-order valence-corrected chi connectivity index (χ3v) is 2.35. The summed E-state index contributed by atoms with van der Waals surface area (Å²) >= 11 is 0. The highest BCUT2D eigenvalue weighted by Crippen LogP contribution is 2.18. The van der Waals surface area contributed by atoms with E-state index in [4.69, 9.17) is 4.42 Å². The second-order valence-corrected chi connectivity index (χ2v) is 3.83. The lowest BCUT2D eigenvalue weighted by Crippen LogP contribution is -2.04. The Morgan fingerprint density at radius 3 is 2.72 bits per heavy atom. The molecular weight excluding hydrogens is 236 g/mol.